The molecular weight excluding hydrogens is 330 g/mol. The van der Waals surface area contributed by atoms with Crippen LogP contribution in [-0.2, 0) is 16.1 Å². The first-order valence-corrected chi connectivity index (χ1v) is 8.36. The zero-order chi connectivity index (χ0) is 18.3. The van der Waals surface area contributed by atoms with Gasteiger partial charge in [-0.2, -0.15) is 5.26 Å². The second-order valence-electron chi connectivity index (χ2n) is 6.40. The molecule has 1 atom stereocenters. The van der Waals surface area contributed by atoms with Gasteiger partial charge in [-0.25, -0.2) is 0 Å². The van der Waals surface area contributed by atoms with Crippen molar-refractivity contribution in [2.45, 2.75) is 25.4 Å². The average molecular weight is 345 g/mol. The van der Waals surface area contributed by atoms with E-state index in [9.17, 15) is 19.6 Å². The lowest BCUT2D eigenvalue weighted by molar-refractivity contribution is -0.136. The fraction of sp³-hybridized carbons (Fsp3) is 0.200. The molecule has 0 aliphatic carbocycles. The van der Waals surface area contributed by atoms with Gasteiger partial charge < -0.3 is 4.90 Å². The van der Waals surface area contributed by atoms with Crippen LogP contribution >= 0.6 is 0 Å². The fourth-order valence-corrected chi connectivity index (χ4v) is 3.63. The number of carbonyl (C=O) groups excluding carboxylic acids is 3. The summed E-state index contributed by atoms with van der Waals surface area (Å²) in [4.78, 5) is 38.0. The summed E-state index contributed by atoms with van der Waals surface area (Å²) >= 11 is 0. The van der Waals surface area contributed by atoms with E-state index in [1.165, 1.54) is 4.90 Å². The van der Waals surface area contributed by atoms with Crippen molar-refractivity contribution < 1.29 is 14.4 Å². The fourth-order valence-electron chi connectivity index (χ4n) is 3.63. The van der Waals surface area contributed by atoms with Crippen LogP contribution in [0, 0.1) is 11.3 Å². The third-order valence-corrected chi connectivity index (χ3v) is 4.89. The molecule has 26 heavy (non-hydrogen) atoms. The maximum atomic E-state index is 13.0. The molecule has 0 bridgehead atoms. The quantitative estimate of drug-likeness (QED) is 0.843. The van der Waals surface area contributed by atoms with E-state index in [4.69, 9.17) is 0 Å². The van der Waals surface area contributed by atoms with E-state index >= 15 is 0 Å². The molecule has 3 amide bonds. The second kappa shape index (κ2) is 6.12. The zero-order valence-corrected chi connectivity index (χ0v) is 13.9. The Morgan fingerprint density at radius 3 is 2.54 bits per heavy atom. The summed E-state index contributed by atoms with van der Waals surface area (Å²) in [7, 11) is 0. The molecule has 2 heterocycles. The lowest BCUT2D eigenvalue weighted by Crippen LogP contribution is -2.52. The highest BCUT2D eigenvalue weighted by Crippen LogP contribution is 2.34. The molecule has 1 N–H and O–H groups in total. The molecule has 0 saturated carbocycles. The smallest absolute Gasteiger partial charge is 0.256 e. The highest BCUT2D eigenvalue weighted by Gasteiger charge is 2.40. The predicted molar refractivity (Wildman–Crippen MR) is 92.6 cm³/mol. The van der Waals surface area contributed by atoms with E-state index in [2.05, 4.69) is 11.4 Å². The number of carbonyl (C=O) groups is 3. The molecule has 128 valence electrons. The Morgan fingerprint density at radius 2 is 1.85 bits per heavy atom. The lowest BCUT2D eigenvalue weighted by Gasteiger charge is -2.29. The van der Waals surface area contributed by atoms with Gasteiger partial charge in [0.05, 0.1) is 11.1 Å². The molecule has 2 aromatic carbocycles. The summed E-state index contributed by atoms with van der Waals surface area (Å²) in [6, 6.07) is 14.6. The number of benzene rings is 2. The Bertz CT molecular complexity index is 976. The minimum atomic E-state index is -0.681. The van der Waals surface area contributed by atoms with Crippen LogP contribution in [0.1, 0.15) is 34.3 Å². The molecule has 2 aliphatic heterocycles. The molecule has 4 rings (SSSR count). The van der Waals surface area contributed by atoms with Gasteiger partial charge in [0.1, 0.15) is 12.1 Å². The van der Waals surface area contributed by atoms with Crippen molar-refractivity contribution in [3.63, 3.8) is 0 Å². The highest BCUT2D eigenvalue weighted by atomic mass is 16.2. The maximum absolute atomic E-state index is 13.0. The minimum Gasteiger partial charge on any atom is -0.322 e. The van der Waals surface area contributed by atoms with Gasteiger partial charge >= 0.3 is 0 Å². The van der Waals surface area contributed by atoms with E-state index in [1.54, 1.807) is 0 Å². The number of amides is 3. The lowest BCUT2D eigenvalue weighted by atomic mass is 9.93. The molecule has 2 aliphatic rings. The van der Waals surface area contributed by atoms with Crippen molar-refractivity contribution >= 4 is 17.7 Å². The van der Waals surface area contributed by atoms with E-state index in [1.807, 2.05) is 42.5 Å². The van der Waals surface area contributed by atoms with Gasteiger partial charge in [0.2, 0.25) is 11.8 Å². The summed E-state index contributed by atoms with van der Waals surface area (Å²) in [6.07, 6.45) is 0.509. The van der Waals surface area contributed by atoms with Crippen molar-refractivity contribution in [1.29, 1.82) is 5.26 Å². The van der Waals surface area contributed by atoms with Crippen molar-refractivity contribution in [2.24, 2.45) is 0 Å². The first kappa shape index (κ1) is 16.0. The minimum absolute atomic E-state index is 0.205. The molecule has 0 aromatic heterocycles. The monoisotopic (exact) mass is 345 g/mol. The van der Waals surface area contributed by atoms with Crippen LogP contribution < -0.4 is 5.32 Å². The van der Waals surface area contributed by atoms with Gasteiger partial charge in [0.15, 0.2) is 0 Å². The van der Waals surface area contributed by atoms with Gasteiger partial charge in [-0.1, -0.05) is 42.5 Å². The van der Waals surface area contributed by atoms with Gasteiger partial charge in [-0.05, 0) is 17.5 Å². The average Bonchev–Trinajstić information content (AvgIpc) is 2.98. The summed E-state index contributed by atoms with van der Waals surface area (Å²) in [5.41, 5.74) is 2.98. The molecule has 1 saturated heterocycles. The number of hydrogen-bond donors (Lipinski definition) is 1. The Hall–Kier alpha value is -3.46. The van der Waals surface area contributed by atoms with Gasteiger partial charge in [-0.15, -0.1) is 0 Å². The van der Waals surface area contributed by atoms with Crippen molar-refractivity contribution in [3.8, 4) is 17.2 Å². The normalized spacial score (nSPS) is 19.1. The van der Waals surface area contributed by atoms with Crippen molar-refractivity contribution in [3.05, 3.63) is 59.2 Å². The number of hydrogen-bond acceptors (Lipinski definition) is 4. The van der Waals surface area contributed by atoms with E-state index in [0.717, 1.165) is 11.1 Å². The summed E-state index contributed by atoms with van der Waals surface area (Å²) < 4.78 is 0. The van der Waals surface area contributed by atoms with Gasteiger partial charge in [0, 0.05) is 18.5 Å². The van der Waals surface area contributed by atoms with Gasteiger partial charge in [0.25, 0.3) is 5.91 Å². The SMILES string of the molecule is N#Cc1c(-c2ccccc2)ccc2c1C(=O)N(C1CCC(=O)NC1=O)C2. The van der Waals surface area contributed by atoms with E-state index in [-0.39, 0.29) is 24.8 Å². The maximum Gasteiger partial charge on any atom is 0.256 e. The predicted octanol–water partition coefficient (Wildman–Crippen LogP) is 1.99. The molecule has 2 aromatic rings. The molecule has 0 spiro atoms. The topological polar surface area (TPSA) is 90.3 Å². The molecule has 0 radical (unpaired) electrons. The Balaban J connectivity index is 1.75. The van der Waals surface area contributed by atoms with Crippen LogP contribution in [0.5, 0.6) is 0 Å². The van der Waals surface area contributed by atoms with E-state index in [0.29, 0.717) is 23.1 Å². The number of fused-ring (bicyclic) bond motifs is 1. The molecule has 6 heteroatoms. The number of nitriles is 1. The van der Waals surface area contributed by atoms with E-state index < -0.39 is 11.9 Å². The first-order valence-electron chi connectivity index (χ1n) is 8.36. The largest absolute Gasteiger partial charge is 0.322 e. The molecule has 6 nitrogen and oxygen atoms in total. The van der Waals surface area contributed by atoms with Crippen molar-refractivity contribution in [2.75, 3.05) is 0 Å². The second-order valence-corrected chi connectivity index (χ2v) is 6.40. The highest BCUT2D eigenvalue weighted by molar-refractivity contribution is 6.07. The Morgan fingerprint density at radius 1 is 1.08 bits per heavy atom. The summed E-state index contributed by atoms with van der Waals surface area (Å²) in [5, 5.41) is 12.0. The van der Waals surface area contributed by atoms with Crippen LogP contribution in [0.25, 0.3) is 11.1 Å². The first-order chi connectivity index (χ1) is 12.6. The standard InChI is InChI=1S/C20H15N3O3/c21-10-15-14(12-4-2-1-3-5-12)7-6-13-11-23(20(26)18(13)15)16-8-9-17(24)22-19(16)25/h1-7,16H,8-9,11H2,(H,22,24,25). The number of imide groups is 1. The number of nitrogens with zero attached hydrogens (tertiary/aromatic N) is 2. The molecule has 1 unspecified atom stereocenters. The molecule has 1 fully saturated rings. The number of rotatable bonds is 2. The number of piperidine rings is 1. The number of nitrogens with one attached hydrogen (secondary N) is 1. The van der Waals surface area contributed by atoms with Gasteiger partial charge in [-0.3, -0.25) is 19.7 Å². The van der Waals surface area contributed by atoms with Crippen LogP contribution in [0.4, 0.5) is 0 Å². The Labute approximate surface area is 150 Å². The zero-order valence-electron chi connectivity index (χ0n) is 13.9. The summed E-state index contributed by atoms with van der Waals surface area (Å²) in [5.74, 6) is -1.10. The van der Waals surface area contributed by atoms with Crippen LogP contribution in [0.3, 0.4) is 0 Å². The third-order valence-electron chi connectivity index (χ3n) is 4.89. The van der Waals surface area contributed by atoms with Crippen LogP contribution in [0.2, 0.25) is 0 Å². The van der Waals surface area contributed by atoms with Crippen LogP contribution in [-0.4, -0.2) is 28.7 Å². The summed E-state index contributed by atoms with van der Waals surface area (Å²) in [6.45, 7) is 0.268. The van der Waals surface area contributed by atoms with Crippen molar-refractivity contribution in [1.82, 2.24) is 10.2 Å². The van der Waals surface area contributed by atoms with Crippen LogP contribution in [0.15, 0.2) is 42.5 Å². The third kappa shape index (κ3) is 2.45. The molecular formula is C20H15N3O3. The Kier molecular flexibility index (Phi) is 3.77.